The van der Waals surface area contributed by atoms with Crippen molar-refractivity contribution in [3.63, 3.8) is 0 Å². The third-order valence-corrected chi connectivity index (χ3v) is 5.14. The van der Waals surface area contributed by atoms with Crippen molar-refractivity contribution in [3.05, 3.63) is 12.2 Å². The highest BCUT2D eigenvalue weighted by Crippen LogP contribution is 2.64. The summed E-state index contributed by atoms with van der Waals surface area (Å²) >= 11 is 0. The molecule has 226 valence electrons. The maximum Gasteiger partial charge on any atom is 0.460 e. The van der Waals surface area contributed by atoms with Crippen LogP contribution in [0.4, 0.5) is 74.6 Å². The number of amides is 1. The Labute approximate surface area is 203 Å². The third-order valence-electron chi connectivity index (χ3n) is 5.14. The Morgan fingerprint density at radius 3 is 1.29 bits per heavy atom. The Morgan fingerprint density at radius 2 is 0.947 bits per heavy atom. The molecular formula is C19H20F17NO. The summed E-state index contributed by atoms with van der Waals surface area (Å²) in [7, 11) is 0. The molecule has 1 amide bonds. The topological polar surface area (TPSA) is 20.3 Å². The van der Waals surface area contributed by atoms with E-state index in [0.29, 0.717) is 11.3 Å². The average molecular weight is 601 g/mol. The third kappa shape index (κ3) is 5.79. The van der Waals surface area contributed by atoms with Crippen LogP contribution in [0.15, 0.2) is 12.2 Å². The zero-order valence-electron chi connectivity index (χ0n) is 19.2. The van der Waals surface area contributed by atoms with Crippen molar-refractivity contribution in [1.82, 2.24) is 4.90 Å². The minimum Gasteiger partial charge on any atom is -0.339 e. The first-order valence-corrected chi connectivity index (χ1v) is 10.2. The van der Waals surface area contributed by atoms with Crippen molar-refractivity contribution in [2.75, 3.05) is 13.1 Å². The van der Waals surface area contributed by atoms with Gasteiger partial charge in [0.05, 0.1) is 0 Å². The Morgan fingerprint density at radius 1 is 0.605 bits per heavy atom. The van der Waals surface area contributed by atoms with E-state index in [9.17, 15) is 79.4 Å². The molecule has 0 heterocycles. The number of hydrogen-bond donors (Lipinski definition) is 0. The van der Waals surface area contributed by atoms with E-state index in [1.807, 2.05) is 0 Å². The first-order chi connectivity index (χ1) is 16.5. The van der Waals surface area contributed by atoms with Gasteiger partial charge in [0.25, 0.3) is 0 Å². The van der Waals surface area contributed by atoms with Crippen LogP contribution >= 0.6 is 0 Å². The van der Waals surface area contributed by atoms with E-state index in [2.05, 4.69) is 6.58 Å². The number of unbranched alkanes of at least 4 members (excludes halogenated alkanes) is 1. The predicted molar refractivity (Wildman–Crippen MR) is 96.2 cm³/mol. The molecular weight excluding hydrogens is 581 g/mol. The zero-order valence-corrected chi connectivity index (χ0v) is 19.2. The number of rotatable bonds is 14. The van der Waals surface area contributed by atoms with Crippen LogP contribution in [0.5, 0.6) is 0 Å². The second-order valence-electron chi connectivity index (χ2n) is 8.18. The van der Waals surface area contributed by atoms with Gasteiger partial charge in [-0.25, -0.2) is 0 Å². The molecule has 19 heteroatoms. The van der Waals surface area contributed by atoms with Gasteiger partial charge < -0.3 is 4.90 Å². The first kappa shape index (κ1) is 36.0. The fourth-order valence-electron chi connectivity index (χ4n) is 2.78. The van der Waals surface area contributed by atoms with E-state index in [-0.39, 0.29) is 18.5 Å². The van der Waals surface area contributed by atoms with Crippen molar-refractivity contribution in [2.24, 2.45) is 0 Å². The molecule has 0 aliphatic carbocycles. The fourth-order valence-corrected chi connectivity index (χ4v) is 2.78. The molecule has 0 aromatic rings. The van der Waals surface area contributed by atoms with Gasteiger partial charge in [0.2, 0.25) is 5.91 Å². The van der Waals surface area contributed by atoms with Gasteiger partial charge in [0.15, 0.2) is 0 Å². The Balaban J connectivity index is 6.26. The highest BCUT2D eigenvalue weighted by Gasteiger charge is 2.95. The van der Waals surface area contributed by atoms with E-state index in [4.69, 9.17) is 0 Å². The summed E-state index contributed by atoms with van der Waals surface area (Å²) in [4.78, 5) is 12.6. The highest BCUT2D eigenvalue weighted by atomic mass is 19.4. The van der Waals surface area contributed by atoms with Crippen LogP contribution in [-0.2, 0) is 4.79 Å². The largest absolute Gasteiger partial charge is 0.460 e. The van der Waals surface area contributed by atoms with Crippen molar-refractivity contribution in [1.29, 1.82) is 0 Å². The minimum absolute atomic E-state index is 0.196. The van der Waals surface area contributed by atoms with Gasteiger partial charge in [0.1, 0.15) is 0 Å². The highest BCUT2D eigenvalue weighted by molar-refractivity contribution is 5.92. The molecule has 0 bridgehead atoms. The molecule has 0 aliphatic heterocycles. The fraction of sp³-hybridized carbons (Fsp3) is 0.842. The summed E-state index contributed by atoms with van der Waals surface area (Å²) in [6.45, 7) is 4.79. The first-order valence-electron chi connectivity index (χ1n) is 10.2. The summed E-state index contributed by atoms with van der Waals surface area (Å²) in [5.74, 6) is -57.4. The quantitative estimate of drug-likeness (QED) is 0.146. The van der Waals surface area contributed by atoms with Crippen molar-refractivity contribution >= 4 is 5.91 Å². The number of carbonyl (C=O) groups excluding carboxylic acids is 1. The molecule has 0 aromatic heterocycles. The molecule has 0 radical (unpaired) electrons. The van der Waals surface area contributed by atoms with Crippen LogP contribution in [0.1, 0.15) is 39.5 Å². The molecule has 2 nitrogen and oxygen atoms in total. The van der Waals surface area contributed by atoms with Crippen LogP contribution in [0.3, 0.4) is 0 Å². The molecule has 0 saturated heterocycles. The summed E-state index contributed by atoms with van der Waals surface area (Å²) in [6, 6.07) is 0. The van der Waals surface area contributed by atoms with Gasteiger partial charge in [-0.1, -0.05) is 19.9 Å². The Bertz CT molecular complexity index is 847. The Hall–Kier alpha value is -1.98. The predicted octanol–water partition coefficient (Wildman–Crippen LogP) is 7.98. The number of carbonyl (C=O) groups is 1. The molecule has 0 unspecified atom stereocenters. The SMILES string of the molecule is C=C(C)C(=O)N(CCCC)CCCC(F)(F)C(F)(F)C(F)(F)C(F)(F)C(F)(F)C(F)(F)C(F)(F)C(F)(F)F. The van der Waals surface area contributed by atoms with Crippen molar-refractivity contribution in [2.45, 2.75) is 87.2 Å². The number of nitrogens with zero attached hydrogens (tertiary/aromatic N) is 1. The average Bonchev–Trinajstić information content (AvgIpc) is 2.73. The maximum absolute atomic E-state index is 14.0. The summed E-state index contributed by atoms with van der Waals surface area (Å²) < 4.78 is 226. The van der Waals surface area contributed by atoms with Gasteiger partial charge in [0, 0.05) is 25.1 Å². The van der Waals surface area contributed by atoms with Crippen LogP contribution < -0.4 is 0 Å². The molecule has 0 aliphatic rings. The van der Waals surface area contributed by atoms with Gasteiger partial charge in [-0.05, 0) is 19.8 Å². The van der Waals surface area contributed by atoms with Gasteiger partial charge >= 0.3 is 47.6 Å². The molecule has 0 saturated carbocycles. The van der Waals surface area contributed by atoms with E-state index < -0.39 is 72.9 Å². The Kier molecular flexibility index (Phi) is 10.3. The lowest BCUT2D eigenvalue weighted by molar-refractivity contribution is -0.461. The molecule has 0 N–H and O–H groups in total. The number of halogens is 17. The lowest BCUT2D eigenvalue weighted by Gasteiger charge is -2.42. The summed E-state index contributed by atoms with van der Waals surface area (Å²) in [5, 5.41) is 0. The zero-order chi connectivity index (χ0) is 31.0. The lowest BCUT2D eigenvalue weighted by Crippen LogP contribution is -2.74. The van der Waals surface area contributed by atoms with Crippen LogP contribution in [0, 0.1) is 0 Å². The van der Waals surface area contributed by atoms with Crippen LogP contribution in [0.25, 0.3) is 0 Å². The smallest absolute Gasteiger partial charge is 0.339 e. The van der Waals surface area contributed by atoms with Crippen molar-refractivity contribution in [3.8, 4) is 0 Å². The van der Waals surface area contributed by atoms with Crippen LogP contribution in [-0.4, -0.2) is 71.5 Å². The van der Waals surface area contributed by atoms with Crippen LogP contribution in [0.2, 0.25) is 0 Å². The monoisotopic (exact) mass is 601 g/mol. The molecule has 0 fully saturated rings. The standard InChI is InChI=1S/C19H20F17NO/c1-4-5-8-37(11(38)10(2)3)9-6-7-12(20,21)13(22,23)14(24,25)15(26,27)16(28,29)17(30,31)18(32,33)19(34,35)36/h2,4-9H2,1,3H3. The molecule has 0 atom stereocenters. The summed E-state index contributed by atoms with van der Waals surface area (Å²) in [6.07, 6.45) is -11.2. The minimum atomic E-state index is -8.65. The van der Waals surface area contributed by atoms with Gasteiger partial charge in [-0.3, -0.25) is 4.79 Å². The lowest BCUT2D eigenvalue weighted by atomic mass is 9.88. The number of alkyl halides is 17. The molecule has 0 spiro atoms. The van der Waals surface area contributed by atoms with Gasteiger partial charge in [-0.15, -0.1) is 0 Å². The second kappa shape index (κ2) is 10.9. The van der Waals surface area contributed by atoms with Crippen molar-refractivity contribution < 1.29 is 79.4 Å². The van der Waals surface area contributed by atoms with E-state index >= 15 is 0 Å². The second-order valence-corrected chi connectivity index (χ2v) is 8.18. The van der Waals surface area contributed by atoms with Gasteiger partial charge in [-0.2, -0.15) is 74.6 Å². The van der Waals surface area contributed by atoms with E-state index in [1.54, 1.807) is 6.92 Å². The van der Waals surface area contributed by atoms with E-state index in [0.717, 1.165) is 6.92 Å². The van der Waals surface area contributed by atoms with E-state index in [1.165, 1.54) is 0 Å². The number of hydrogen-bond acceptors (Lipinski definition) is 1. The molecule has 38 heavy (non-hydrogen) atoms. The molecule has 0 aromatic carbocycles. The molecule has 0 rings (SSSR count). The normalized spacial score (nSPS) is 15.0. The maximum atomic E-state index is 14.0. The summed E-state index contributed by atoms with van der Waals surface area (Å²) in [5.41, 5.74) is -0.205.